The third-order valence-corrected chi connectivity index (χ3v) is 3.88. The molecule has 1 atom stereocenters. The van der Waals surface area contributed by atoms with E-state index in [9.17, 15) is 0 Å². The summed E-state index contributed by atoms with van der Waals surface area (Å²) in [6, 6.07) is 8.39. The first-order valence-corrected chi connectivity index (χ1v) is 5.98. The van der Waals surface area contributed by atoms with Crippen LogP contribution >= 0.6 is 27.7 Å². The number of ether oxygens (including phenoxy) is 1. The number of halogens is 1. The Labute approximate surface area is 91.0 Å². The van der Waals surface area contributed by atoms with E-state index in [0.717, 1.165) is 16.8 Å². The predicted octanol–water partition coefficient (Wildman–Crippen LogP) is 3.33. The molecule has 1 fully saturated rings. The van der Waals surface area contributed by atoms with Gasteiger partial charge in [0.15, 0.2) is 0 Å². The average Bonchev–Trinajstić information content (AvgIpc) is 2.84. The number of hydrogen-bond donors (Lipinski definition) is 0. The zero-order valence-corrected chi connectivity index (χ0v) is 9.82. The van der Waals surface area contributed by atoms with E-state index >= 15 is 0 Å². The van der Waals surface area contributed by atoms with Gasteiger partial charge in [-0.25, -0.2) is 0 Å². The Hall–Kier alpha value is 0.01000. The first-order chi connectivity index (χ1) is 6.18. The van der Waals surface area contributed by atoms with Crippen molar-refractivity contribution >= 4 is 27.7 Å². The molecule has 0 amide bonds. The molecule has 0 radical (unpaired) electrons. The highest BCUT2D eigenvalue weighted by Gasteiger charge is 2.38. The van der Waals surface area contributed by atoms with E-state index in [2.05, 4.69) is 47.1 Å². The lowest BCUT2D eigenvalue weighted by molar-refractivity contribution is 0.348. The number of benzene rings is 1. The maximum atomic E-state index is 5.31. The molecular formula is C10H11BrOS. The fourth-order valence-electron chi connectivity index (χ4n) is 0.973. The molecule has 1 saturated heterocycles. The van der Waals surface area contributed by atoms with Crippen LogP contribution in [0.3, 0.4) is 0 Å². The number of hydrogen-bond acceptors (Lipinski definition) is 2. The second-order valence-corrected chi connectivity index (χ2v) is 5.45. The molecule has 1 aromatic rings. The summed E-state index contributed by atoms with van der Waals surface area (Å²) in [5.74, 6) is 1.05. The second-order valence-electron chi connectivity index (χ2n) is 3.48. The monoisotopic (exact) mass is 258 g/mol. The van der Waals surface area contributed by atoms with Gasteiger partial charge in [-0.15, -0.1) is 11.8 Å². The van der Waals surface area contributed by atoms with Crippen LogP contribution in [0, 0.1) is 0 Å². The fraction of sp³-hybridized carbons (Fsp3) is 0.400. The van der Waals surface area contributed by atoms with E-state index < -0.39 is 0 Å². The second kappa shape index (κ2) is 3.64. The summed E-state index contributed by atoms with van der Waals surface area (Å²) in [6.07, 6.45) is 0. The van der Waals surface area contributed by atoms with Crippen LogP contribution in [-0.2, 0) is 4.74 Å². The Morgan fingerprint density at radius 3 is 2.62 bits per heavy atom. The van der Waals surface area contributed by atoms with Gasteiger partial charge < -0.3 is 4.74 Å². The third-order valence-electron chi connectivity index (χ3n) is 1.99. The molecule has 2 rings (SSSR count). The number of thioether (sulfide) groups is 1. The summed E-state index contributed by atoms with van der Waals surface area (Å²) in [6.45, 7) is 3.06. The van der Waals surface area contributed by atoms with Crippen LogP contribution in [0.4, 0.5) is 0 Å². The normalized spacial score (nSPS) is 26.0. The lowest BCUT2D eigenvalue weighted by Crippen LogP contribution is -2.07. The molecule has 70 valence electrons. The van der Waals surface area contributed by atoms with Crippen LogP contribution in [0.2, 0.25) is 0 Å². The van der Waals surface area contributed by atoms with E-state index in [1.807, 2.05) is 11.8 Å². The van der Waals surface area contributed by atoms with Gasteiger partial charge in [0.1, 0.15) is 0 Å². The summed E-state index contributed by atoms with van der Waals surface area (Å²) < 4.78 is 6.44. The molecule has 0 aromatic heterocycles. The van der Waals surface area contributed by atoms with Crippen molar-refractivity contribution in [2.24, 2.45) is 0 Å². The molecule has 0 bridgehead atoms. The van der Waals surface area contributed by atoms with Crippen LogP contribution in [0.25, 0.3) is 0 Å². The SMILES string of the molecule is CC1(CSc2ccc(Br)cc2)CO1. The minimum atomic E-state index is 0.151. The Morgan fingerprint density at radius 2 is 2.08 bits per heavy atom. The summed E-state index contributed by atoms with van der Waals surface area (Å²) >= 11 is 5.27. The third kappa shape index (κ3) is 2.73. The molecule has 0 saturated carbocycles. The van der Waals surface area contributed by atoms with Gasteiger partial charge in [0.25, 0.3) is 0 Å². The van der Waals surface area contributed by atoms with Crippen molar-refractivity contribution in [1.29, 1.82) is 0 Å². The molecule has 1 unspecified atom stereocenters. The lowest BCUT2D eigenvalue weighted by Gasteiger charge is -2.04. The molecular weight excluding hydrogens is 248 g/mol. The molecule has 0 aliphatic carbocycles. The maximum absolute atomic E-state index is 5.31. The standard InChI is InChI=1S/C10H11BrOS/c1-10(6-12-10)7-13-9-4-2-8(11)3-5-9/h2-5H,6-7H2,1H3. The van der Waals surface area contributed by atoms with Crippen LogP contribution in [-0.4, -0.2) is 18.0 Å². The minimum absolute atomic E-state index is 0.151. The molecule has 1 aliphatic rings. The van der Waals surface area contributed by atoms with Gasteiger partial charge in [0.05, 0.1) is 12.2 Å². The van der Waals surface area contributed by atoms with Gasteiger partial charge in [-0.3, -0.25) is 0 Å². The van der Waals surface area contributed by atoms with Gasteiger partial charge in [-0.2, -0.15) is 0 Å². The molecule has 0 spiro atoms. The van der Waals surface area contributed by atoms with Crippen molar-refractivity contribution in [2.75, 3.05) is 12.4 Å². The lowest BCUT2D eigenvalue weighted by atomic mass is 10.3. The van der Waals surface area contributed by atoms with Gasteiger partial charge >= 0.3 is 0 Å². The summed E-state index contributed by atoms with van der Waals surface area (Å²) in [5.41, 5.74) is 0.151. The topological polar surface area (TPSA) is 12.5 Å². The van der Waals surface area contributed by atoms with Gasteiger partial charge in [0.2, 0.25) is 0 Å². The summed E-state index contributed by atoms with van der Waals surface area (Å²) in [5, 5.41) is 0. The van der Waals surface area contributed by atoms with Crippen LogP contribution in [0.5, 0.6) is 0 Å². The van der Waals surface area contributed by atoms with Crippen LogP contribution in [0.1, 0.15) is 6.92 Å². The fourth-order valence-corrected chi connectivity index (χ4v) is 2.20. The van der Waals surface area contributed by atoms with Gasteiger partial charge in [-0.05, 0) is 31.2 Å². The first-order valence-electron chi connectivity index (χ1n) is 4.20. The Morgan fingerprint density at radius 1 is 1.46 bits per heavy atom. The molecule has 1 aliphatic heterocycles. The highest BCUT2D eigenvalue weighted by atomic mass is 79.9. The largest absolute Gasteiger partial charge is 0.369 e. The number of epoxide rings is 1. The summed E-state index contributed by atoms with van der Waals surface area (Å²) in [7, 11) is 0. The molecule has 1 nitrogen and oxygen atoms in total. The predicted molar refractivity (Wildman–Crippen MR) is 59.2 cm³/mol. The Bertz CT molecular complexity index is 292. The Kier molecular flexibility index (Phi) is 2.67. The summed E-state index contributed by atoms with van der Waals surface area (Å²) in [4.78, 5) is 1.31. The zero-order valence-electron chi connectivity index (χ0n) is 7.42. The molecule has 1 heterocycles. The number of rotatable bonds is 3. The highest BCUT2D eigenvalue weighted by molar-refractivity contribution is 9.10. The van der Waals surface area contributed by atoms with Crippen molar-refractivity contribution in [2.45, 2.75) is 17.4 Å². The molecule has 1 aromatic carbocycles. The van der Waals surface area contributed by atoms with E-state index in [1.54, 1.807) is 0 Å². The molecule has 3 heteroatoms. The maximum Gasteiger partial charge on any atom is 0.0981 e. The van der Waals surface area contributed by atoms with Crippen molar-refractivity contribution in [3.8, 4) is 0 Å². The van der Waals surface area contributed by atoms with Gasteiger partial charge in [0, 0.05) is 15.1 Å². The zero-order chi connectivity index (χ0) is 9.31. The highest BCUT2D eigenvalue weighted by Crippen LogP contribution is 2.33. The van der Waals surface area contributed by atoms with Crippen LogP contribution < -0.4 is 0 Å². The average molecular weight is 259 g/mol. The molecule has 13 heavy (non-hydrogen) atoms. The van der Waals surface area contributed by atoms with E-state index in [-0.39, 0.29) is 5.60 Å². The smallest absolute Gasteiger partial charge is 0.0981 e. The first kappa shape index (κ1) is 9.56. The van der Waals surface area contributed by atoms with Gasteiger partial charge in [-0.1, -0.05) is 15.9 Å². The van der Waals surface area contributed by atoms with E-state index in [1.165, 1.54) is 4.90 Å². The molecule has 0 N–H and O–H groups in total. The van der Waals surface area contributed by atoms with Crippen molar-refractivity contribution < 1.29 is 4.74 Å². The van der Waals surface area contributed by atoms with E-state index in [4.69, 9.17) is 4.74 Å². The quantitative estimate of drug-likeness (QED) is 0.609. The van der Waals surface area contributed by atoms with E-state index in [0.29, 0.717) is 0 Å². The Balaban J connectivity index is 1.91. The van der Waals surface area contributed by atoms with Crippen LogP contribution in [0.15, 0.2) is 33.6 Å². The van der Waals surface area contributed by atoms with Crippen molar-refractivity contribution in [3.63, 3.8) is 0 Å². The van der Waals surface area contributed by atoms with Crippen molar-refractivity contribution in [3.05, 3.63) is 28.7 Å². The minimum Gasteiger partial charge on any atom is -0.369 e. The van der Waals surface area contributed by atoms with Crippen molar-refractivity contribution in [1.82, 2.24) is 0 Å².